The van der Waals surface area contributed by atoms with Crippen LogP contribution in [0.15, 0.2) is 17.5 Å². The van der Waals surface area contributed by atoms with Gasteiger partial charge in [0.15, 0.2) is 0 Å². The maximum Gasteiger partial charge on any atom is 0.128 e. The molecule has 3 heterocycles. The molecule has 0 radical (unpaired) electrons. The second-order valence-electron chi connectivity index (χ2n) is 3.87. The molecule has 2 aromatic heterocycles. The van der Waals surface area contributed by atoms with Gasteiger partial charge in [-0.2, -0.15) is 10.4 Å². The van der Waals surface area contributed by atoms with E-state index < -0.39 is 0 Å². The Bertz CT molecular complexity index is 565. The normalized spacial score (nSPS) is 14.3. The van der Waals surface area contributed by atoms with Crippen molar-refractivity contribution >= 4 is 11.3 Å². The number of ether oxygens (including phenoxy) is 1. The Morgan fingerprint density at radius 3 is 3.29 bits per heavy atom. The molecule has 1 aliphatic heterocycles. The summed E-state index contributed by atoms with van der Waals surface area (Å²) >= 11 is 1.67. The molecule has 0 saturated heterocycles. The molecule has 0 N–H and O–H groups in total. The van der Waals surface area contributed by atoms with Crippen molar-refractivity contribution < 1.29 is 4.74 Å². The van der Waals surface area contributed by atoms with Crippen LogP contribution in [0.25, 0.3) is 10.6 Å². The average Bonchev–Trinajstić information content (AvgIpc) is 2.97. The van der Waals surface area contributed by atoms with E-state index in [1.54, 1.807) is 11.3 Å². The highest BCUT2D eigenvalue weighted by atomic mass is 32.1. The maximum absolute atomic E-state index is 8.82. The van der Waals surface area contributed by atoms with E-state index in [0.29, 0.717) is 19.8 Å². The Hall–Kier alpha value is -1.64. The molecule has 5 heteroatoms. The van der Waals surface area contributed by atoms with Crippen LogP contribution in [0.4, 0.5) is 0 Å². The van der Waals surface area contributed by atoms with Gasteiger partial charge in [0, 0.05) is 17.7 Å². The molecular weight excluding hydrogens is 234 g/mol. The quantitative estimate of drug-likeness (QED) is 0.815. The maximum atomic E-state index is 8.82. The summed E-state index contributed by atoms with van der Waals surface area (Å²) in [6, 6.07) is 6.22. The van der Waals surface area contributed by atoms with Crippen LogP contribution < -0.4 is 0 Å². The van der Waals surface area contributed by atoms with Crippen molar-refractivity contribution in [2.45, 2.75) is 19.6 Å². The highest BCUT2D eigenvalue weighted by Crippen LogP contribution is 2.31. The lowest BCUT2D eigenvalue weighted by atomic mass is 10.1. The smallest absolute Gasteiger partial charge is 0.128 e. The van der Waals surface area contributed by atoms with Crippen LogP contribution in [0.3, 0.4) is 0 Å². The zero-order chi connectivity index (χ0) is 11.7. The molecule has 0 unspecified atom stereocenters. The predicted molar refractivity (Wildman–Crippen MR) is 64.5 cm³/mol. The van der Waals surface area contributed by atoms with Crippen molar-refractivity contribution in [2.75, 3.05) is 6.61 Å². The van der Waals surface area contributed by atoms with E-state index in [1.165, 1.54) is 0 Å². The summed E-state index contributed by atoms with van der Waals surface area (Å²) in [5.41, 5.74) is 3.28. The molecule has 4 nitrogen and oxygen atoms in total. The summed E-state index contributed by atoms with van der Waals surface area (Å²) in [4.78, 5) is 1.14. The van der Waals surface area contributed by atoms with E-state index in [0.717, 1.165) is 28.2 Å². The van der Waals surface area contributed by atoms with Crippen molar-refractivity contribution in [3.8, 4) is 16.6 Å². The largest absolute Gasteiger partial charge is 0.376 e. The molecule has 17 heavy (non-hydrogen) atoms. The second kappa shape index (κ2) is 4.32. The second-order valence-corrected chi connectivity index (χ2v) is 4.82. The summed E-state index contributed by atoms with van der Waals surface area (Å²) in [5.74, 6) is 0. The minimum atomic E-state index is 0.313. The molecule has 0 aromatic carbocycles. The number of hydrogen-bond acceptors (Lipinski definition) is 4. The minimum Gasteiger partial charge on any atom is -0.376 e. The van der Waals surface area contributed by atoms with Crippen molar-refractivity contribution in [1.82, 2.24) is 9.78 Å². The zero-order valence-corrected chi connectivity index (χ0v) is 10.0. The average molecular weight is 245 g/mol. The van der Waals surface area contributed by atoms with Crippen LogP contribution in [0, 0.1) is 11.3 Å². The topological polar surface area (TPSA) is 50.8 Å². The minimum absolute atomic E-state index is 0.313. The highest BCUT2D eigenvalue weighted by Gasteiger charge is 2.22. The van der Waals surface area contributed by atoms with Crippen LogP contribution in [0.5, 0.6) is 0 Å². The summed E-state index contributed by atoms with van der Waals surface area (Å²) in [6.45, 7) is 1.63. The lowest BCUT2D eigenvalue weighted by molar-refractivity contribution is 0.109. The number of nitrogens with zero attached hydrogens (tertiary/aromatic N) is 3. The van der Waals surface area contributed by atoms with Crippen LogP contribution in [-0.4, -0.2) is 16.4 Å². The fraction of sp³-hybridized carbons (Fsp3) is 0.333. The van der Waals surface area contributed by atoms with Crippen molar-refractivity contribution in [1.29, 1.82) is 5.26 Å². The third kappa shape index (κ3) is 1.75. The van der Waals surface area contributed by atoms with E-state index in [-0.39, 0.29) is 0 Å². The van der Waals surface area contributed by atoms with E-state index in [9.17, 15) is 0 Å². The van der Waals surface area contributed by atoms with Gasteiger partial charge in [-0.1, -0.05) is 6.07 Å². The molecule has 2 aromatic rings. The van der Waals surface area contributed by atoms with Gasteiger partial charge in [0.1, 0.15) is 12.2 Å². The molecule has 0 spiro atoms. The summed E-state index contributed by atoms with van der Waals surface area (Å²) < 4.78 is 7.31. The van der Waals surface area contributed by atoms with Gasteiger partial charge in [0.2, 0.25) is 0 Å². The van der Waals surface area contributed by atoms with Crippen molar-refractivity contribution in [3.05, 3.63) is 28.8 Å². The number of fused-ring (bicyclic) bond motifs is 1. The Kier molecular flexibility index (Phi) is 2.67. The van der Waals surface area contributed by atoms with E-state index in [2.05, 4.69) is 17.2 Å². The number of rotatable bonds is 2. The Labute approximate surface area is 103 Å². The fourth-order valence-electron chi connectivity index (χ4n) is 2.12. The Morgan fingerprint density at radius 1 is 1.59 bits per heavy atom. The molecule has 0 fully saturated rings. The van der Waals surface area contributed by atoms with Gasteiger partial charge in [-0.05, 0) is 11.4 Å². The SMILES string of the molecule is N#CCn1nc(-c2cccs2)c2c1CCOC2. The molecule has 86 valence electrons. The van der Waals surface area contributed by atoms with Crippen LogP contribution >= 0.6 is 11.3 Å². The van der Waals surface area contributed by atoms with Crippen molar-refractivity contribution in [3.63, 3.8) is 0 Å². The summed E-state index contributed by atoms with van der Waals surface area (Å²) in [7, 11) is 0. The number of thiophene rings is 1. The molecule has 0 aliphatic carbocycles. The van der Waals surface area contributed by atoms with E-state index >= 15 is 0 Å². The molecule has 0 amide bonds. The van der Waals surface area contributed by atoms with Gasteiger partial charge < -0.3 is 4.74 Å². The van der Waals surface area contributed by atoms with Gasteiger partial charge in [-0.25, -0.2) is 0 Å². The zero-order valence-electron chi connectivity index (χ0n) is 9.22. The standard InChI is InChI=1S/C12H11N3OS/c13-4-5-15-10-3-6-16-8-9(10)12(14-15)11-2-1-7-17-11/h1-2,7H,3,5-6,8H2. The van der Waals surface area contributed by atoms with Crippen molar-refractivity contribution in [2.24, 2.45) is 0 Å². The molecule has 0 saturated carbocycles. The first-order valence-electron chi connectivity index (χ1n) is 5.47. The van der Waals surface area contributed by atoms with Crippen LogP contribution in [0.1, 0.15) is 11.3 Å². The first-order valence-corrected chi connectivity index (χ1v) is 6.35. The Balaban J connectivity index is 2.13. The van der Waals surface area contributed by atoms with Gasteiger partial charge >= 0.3 is 0 Å². The van der Waals surface area contributed by atoms with E-state index in [4.69, 9.17) is 10.00 Å². The number of nitriles is 1. The number of aromatic nitrogens is 2. The van der Waals surface area contributed by atoms with Crippen LogP contribution in [-0.2, 0) is 24.3 Å². The monoisotopic (exact) mass is 245 g/mol. The third-order valence-electron chi connectivity index (χ3n) is 2.87. The third-order valence-corrected chi connectivity index (χ3v) is 3.75. The fourth-order valence-corrected chi connectivity index (χ4v) is 2.85. The van der Waals surface area contributed by atoms with Gasteiger partial charge in [-0.15, -0.1) is 11.3 Å². The van der Waals surface area contributed by atoms with Gasteiger partial charge in [-0.3, -0.25) is 4.68 Å². The lowest BCUT2D eigenvalue weighted by Gasteiger charge is -2.13. The lowest BCUT2D eigenvalue weighted by Crippen LogP contribution is -2.13. The molecule has 0 bridgehead atoms. The van der Waals surface area contributed by atoms with Gasteiger partial charge in [0.05, 0.1) is 24.2 Å². The predicted octanol–water partition coefficient (Wildman–Crippen LogP) is 2.21. The van der Waals surface area contributed by atoms with E-state index in [1.807, 2.05) is 16.1 Å². The molecule has 1 aliphatic rings. The molecule has 3 rings (SSSR count). The summed E-state index contributed by atoms with van der Waals surface area (Å²) in [5, 5.41) is 15.4. The van der Waals surface area contributed by atoms with Crippen LogP contribution in [0.2, 0.25) is 0 Å². The first kappa shape index (κ1) is 10.5. The Morgan fingerprint density at radius 2 is 2.53 bits per heavy atom. The molecular formula is C12H11N3OS. The number of hydrogen-bond donors (Lipinski definition) is 0. The summed E-state index contributed by atoms with van der Waals surface area (Å²) in [6.07, 6.45) is 0.843. The molecule has 0 atom stereocenters. The highest BCUT2D eigenvalue weighted by molar-refractivity contribution is 7.13. The first-order chi connectivity index (χ1) is 8.40. The van der Waals surface area contributed by atoms with Gasteiger partial charge in [0.25, 0.3) is 0 Å².